The van der Waals surface area contributed by atoms with E-state index in [4.69, 9.17) is 0 Å². The van der Waals surface area contributed by atoms with Crippen molar-refractivity contribution in [3.05, 3.63) is 35.9 Å². The summed E-state index contributed by atoms with van der Waals surface area (Å²) in [6, 6.07) is 9.23. The number of halogens is 3. The normalized spacial score (nSPS) is 9.00. The van der Waals surface area contributed by atoms with Gasteiger partial charge >= 0.3 is 5.88 Å². The van der Waals surface area contributed by atoms with Gasteiger partial charge in [-0.25, -0.2) is 0 Å². The lowest BCUT2D eigenvalue weighted by Crippen LogP contribution is -1.88. The predicted octanol–water partition coefficient (Wildman–Crippen LogP) is 3.34. The van der Waals surface area contributed by atoms with Crippen molar-refractivity contribution in [1.82, 2.24) is 0 Å². The highest BCUT2D eigenvalue weighted by atomic mass is 35.5. The van der Waals surface area contributed by atoms with Crippen molar-refractivity contribution in [3.63, 3.8) is 0 Å². The van der Waals surface area contributed by atoms with E-state index in [1.807, 2.05) is 30.3 Å². The summed E-state index contributed by atoms with van der Waals surface area (Å²) in [5.74, 6) is -2.57. The Balaban J connectivity index is 0.000000310. The smallest absolute Gasteiger partial charge is 0.295 e. The molecule has 0 amide bonds. The average Bonchev–Trinajstić information content (AvgIpc) is 2.05. The zero-order valence-electron chi connectivity index (χ0n) is 7.01. The van der Waals surface area contributed by atoms with Gasteiger partial charge in [-0.15, -0.1) is 0 Å². The number of hydrogen-bond donors (Lipinski definition) is 0. The molecule has 0 aliphatic heterocycles. The summed E-state index contributed by atoms with van der Waals surface area (Å²) in [6.07, 6.45) is 0. The third-order valence-electron chi connectivity index (χ3n) is 1.18. The molecule has 1 rings (SSSR count). The van der Waals surface area contributed by atoms with Gasteiger partial charge in [-0.05, 0) is 6.92 Å². The van der Waals surface area contributed by atoms with Gasteiger partial charge in [0.2, 0.25) is 0 Å². The maximum absolute atomic E-state index is 10.6. The molecule has 1 aromatic rings. The number of Topliss-reactive ketones (excluding diaryl/α,β-unsaturated/α-hetero) is 1. The fourth-order valence-corrected chi connectivity index (χ4v) is 0.673. The van der Waals surface area contributed by atoms with Gasteiger partial charge in [0.1, 0.15) is 0 Å². The van der Waals surface area contributed by atoms with Gasteiger partial charge in [-0.2, -0.15) is 8.78 Å². The SMILES string of the molecule is CC(=O)c1ccccc1.FC(F)Cl. The molecular formula is C9H9ClF2O. The van der Waals surface area contributed by atoms with Crippen molar-refractivity contribution in [2.75, 3.05) is 0 Å². The van der Waals surface area contributed by atoms with Crippen LogP contribution in [0.1, 0.15) is 17.3 Å². The number of hydrogen-bond acceptors (Lipinski definition) is 1. The molecule has 0 saturated heterocycles. The molecule has 0 aliphatic carbocycles. The predicted molar refractivity (Wildman–Crippen MR) is 48.3 cm³/mol. The third kappa shape index (κ3) is 7.40. The Morgan fingerprint density at radius 2 is 1.69 bits per heavy atom. The largest absolute Gasteiger partial charge is 0.312 e. The number of benzene rings is 1. The molecule has 0 bridgehead atoms. The van der Waals surface area contributed by atoms with Crippen molar-refractivity contribution in [1.29, 1.82) is 0 Å². The summed E-state index contributed by atoms with van der Waals surface area (Å²) in [5, 5.41) is 0. The van der Waals surface area contributed by atoms with Crippen LogP contribution >= 0.6 is 11.6 Å². The Hall–Kier alpha value is -0.960. The topological polar surface area (TPSA) is 17.1 Å². The molecule has 1 aromatic carbocycles. The molecule has 0 heterocycles. The summed E-state index contributed by atoms with van der Waals surface area (Å²) in [4.78, 5) is 10.6. The standard InChI is InChI=1S/C8H8O.CHClF2/c1-7(9)8-5-3-2-4-6-8;2-1(3)4/h2-6H,1H3;1H. The summed E-state index contributed by atoms with van der Waals surface area (Å²) < 4.78 is 20.2. The van der Waals surface area contributed by atoms with Crippen LogP contribution in [0.25, 0.3) is 0 Å². The number of ketones is 1. The highest BCUT2D eigenvalue weighted by Crippen LogP contribution is 1.97. The molecule has 0 aromatic heterocycles. The van der Waals surface area contributed by atoms with Crippen LogP contribution in [0.15, 0.2) is 30.3 Å². The van der Waals surface area contributed by atoms with Crippen molar-refractivity contribution < 1.29 is 13.6 Å². The van der Waals surface area contributed by atoms with E-state index in [1.165, 1.54) is 0 Å². The van der Waals surface area contributed by atoms with Crippen LogP contribution in [0.2, 0.25) is 0 Å². The fraction of sp³-hybridized carbons (Fsp3) is 0.222. The molecular weight excluding hydrogens is 198 g/mol. The Morgan fingerprint density at radius 1 is 1.31 bits per heavy atom. The molecule has 0 saturated carbocycles. The number of alkyl halides is 3. The van der Waals surface area contributed by atoms with E-state index in [1.54, 1.807) is 6.92 Å². The van der Waals surface area contributed by atoms with E-state index in [0.29, 0.717) is 0 Å². The quantitative estimate of drug-likeness (QED) is 0.509. The molecule has 1 nitrogen and oxygen atoms in total. The van der Waals surface area contributed by atoms with Gasteiger partial charge in [0.15, 0.2) is 5.78 Å². The van der Waals surface area contributed by atoms with Crippen molar-refractivity contribution in [3.8, 4) is 0 Å². The Bertz CT molecular complexity index is 246. The van der Waals surface area contributed by atoms with Crippen LogP contribution in [0.5, 0.6) is 0 Å². The summed E-state index contributed by atoms with van der Waals surface area (Å²) in [6.45, 7) is 1.56. The van der Waals surface area contributed by atoms with Gasteiger partial charge in [0, 0.05) is 5.56 Å². The number of carbonyl (C=O) groups excluding carboxylic acids is 1. The minimum atomic E-state index is -2.69. The van der Waals surface area contributed by atoms with Crippen LogP contribution in [0.3, 0.4) is 0 Å². The minimum Gasteiger partial charge on any atom is -0.295 e. The first-order chi connectivity index (χ1) is 6.04. The van der Waals surface area contributed by atoms with Crippen LogP contribution in [-0.4, -0.2) is 11.7 Å². The maximum atomic E-state index is 10.6. The zero-order chi connectivity index (χ0) is 10.3. The monoisotopic (exact) mass is 206 g/mol. The van der Waals surface area contributed by atoms with E-state index in [9.17, 15) is 13.6 Å². The zero-order valence-corrected chi connectivity index (χ0v) is 7.76. The molecule has 0 N–H and O–H groups in total. The van der Waals surface area contributed by atoms with E-state index in [2.05, 4.69) is 11.6 Å². The van der Waals surface area contributed by atoms with Gasteiger partial charge in [-0.1, -0.05) is 41.9 Å². The summed E-state index contributed by atoms with van der Waals surface area (Å²) in [5.41, 5.74) is 0.775. The van der Waals surface area contributed by atoms with Crippen LogP contribution in [0, 0.1) is 0 Å². The van der Waals surface area contributed by atoms with Gasteiger partial charge in [0.25, 0.3) is 0 Å². The molecule has 0 unspecified atom stereocenters. The minimum absolute atomic E-state index is 0.121. The number of rotatable bonds is 1. The Kier molecular flexibility index (Phi) is 6.06. The number of carbonyl (C=O) groups is 1. The van der Waals surface area contributed by atoms with Crippen molar-refractivity contribution in [2.45, 2.75) is 12.8 Å². The first kappa shape index (κ1) is 12.0. The first-order valence-corrected chi connectivity index (χ1v) is 3.96. The van der Waals surface area contributed by atoms with Crippen molar-refractivity contribution >= 4 is 17.4 Å². The van der Waals surface area contributed by atoms with E-state index in [0.717, 1.165) is 5.56 Å². The summed E-state index contributed by atoms with van der Waals surface area (Å²) in [7, 11) is 0. The molecule has 0 atom stereocenters. The average molecular weight is 207 g/mol. The second kappa shape index (κ2) is 6.54. The molecule has 0 aliphatic rings. The lowest BCUT2D eigenvalue weighted by molar-refractivity contribution is 0.101. The van der Waals surface area contributed by atoms with Gasteiger partial charge in [0.05, 0.1) is 0 Å². The first-order valence-electron chi connectivity index (χ1n) is 3.52. The van der Waals surface area contributed by atoms with Crippen molar-refractivity contribution in [2.24, 2.45) is 0 Å². The summed E-state index contributed by atoms with van der Waals surface area (Å²) >= 11 is 3.94. The third-order valence-corrected chi connectivity index (χ3v) is 1.18. The van der Waals surface area contributed by atoms with E-state index in [-0.39, 0.29) is 5.78 Å². The molecule has 4 heteroatoms. The van der Waals surface area contributed by atoms with Crippen LogP contribution in [-0.2, 0) is 0 Å². The van der Waals surface area contributed by atoms with Crippen LogP contribution in [0.4, 0.5) is 8.78 Å². The maximum Gasteiger partial charge on any atom is 0.312 e. The second-order valence-corrected chi connectivity index (χ2v) is 2.50. The highest BCUT2D eigenvalue weighted by molar-refractivity contribution is 6.18. The molecule has 0 radical (unpaired) electrons. The Morgan fingerprint density at radius 3 is 1.92 bits per heavy atom. The van der Waals surface area contributed by atoms with Crippen LogP contribution < -0.4 is 0 Å². The Labute approximate surface area is 80.3 Å². The highest BCUT2D eigenvalue weighted by Gasteiger charge is 1.92. The molecule has 0 fully saturated rings. The molecule has 0 spiro atoms. The van der Waals surface area contributed by atoms with Gasteiger partial charge < -0.3 is 0 Å². The van der Waals surface area contributed by atoms with E-state index >= 15 is 0 Å². The molecule has 13 heavy (non-hydrogen) atoms. The molecule has 72 valence electrons. The lowest BCUT2D eigenvalue weighted by Gasteiger charge is -1.89. The fourth-order valence-electron chi connectivity index (χ4n) is 0.673. The van der Waals surface area contributed by atoms with E-state index < -0.39 is 5.88 Å². The van der Waals surface area contributed by atoms with Gasteiger partial charge in [-0.3, -0.25) is 4.79 Å². The lowest BCUT2D eigenvalue weighted by atomic mass is 10.2. The second-order valence-electron chi connectivity index (χ2n) is 2.17.